The molecule has 1 rings (SSSR count). The molecule has 1 aromatic rings. The third kappa shape index (κ3) is 2.73. The monoisotopic (exact) mass is 223 g/mol. The van der Waals surface area contributed by atoms with Crippen molar-refractivity contribution in [2.75, 3.05) is 13.2 Å². The Morgan fingerprint density at radius 1 is 1.56 bits per heavy atom. The Morgan fingerprint density at radius 3 is 2.75 bits per heavy atom. The van der Waals surface area contributed by atoms with Gasteiger partial charge in [0.15, 0.2) is 0 Å². The molecule has 1 aromatic carbocycles. The molecule has 0 aromatic heterocycles. The maximum atomic E-state index is 11.1. The van der Waals surface area contributed by atoms with Crippen LogP contribution in [0.2, 0.25) is 0 Å². The zero-order valence-corrected chi connectivity index (χ0v) is 9.56. The molecule has 0 radical (unpaired) electrons. The molecule has 0 aliphatic carbocycles. The molecule has 16 heavy (non-hydrogen) atoms. The van der Waals surface area contributed by atoms with Gasteiger partial charge in [0, 0.05) is 12.1 Å². The normalized spacial score (nSPS) is 12.2. The lowest BCUT2D eigenvalue weighted by Gasteiger charge is -2.16. The van der Waals surface area contributed by atoms with Crippen LogP contribution in [0.25, 0.3) is 0 Å². The molecular weight excluding hydrogens is 206 g/mol. The van der Waals surface area contributed by atoms with Crippen molar-refractivity contribution in [3.05, 3.63) is 29.3 Å². The lowest BCUT2D eigenvalue weighted by atomic mass is 9.96. The van der Waals surface area contributed by atoms with Crippen molar-refractivity contribution in [1.82, 2.24) is 0 Å². The number of carboxylic acid groups (broad SMARTS) is 1. The summed E-state index contributed by atoms with van der Waals surface area (Å²) in [5, 5.41) is 9.07. The second-order valence-electron chi connectivity index (χ2n) is 3.60. The Bertz CT molecular complexity index is 377. The van der Waals surface area contributed by atoms with E-state index in [1.807, 2.05) is 26.0 Å². The van der Waals surface area contributed by atoms with Gasteiger partial charge in [-0.2, -0.15) is 0 Å². The molecule has 0 aliphatic rings. The minimum Gasteiger partial charge on any atom is -0.494 e. The Morgan fingerprint density at radius 2 is 2.25 bits per heavy atom. The molecule has 0 saturated heterocycles. The highest BCUT2D eigenvalue weighted by Crippen LogP contribution is 2.27. The van der Waals surface area contributed by atoms with E-state index in [0.717, 1.165) is 5.56 Å². The van der Waals surface area contributed by atoms with Gasteiger partial charge in [-0.3, -0.25) is 4.79 Å². The van der Waals surface area contributed by atoms with Gasteiger partial charge in [0.05, 0.1) is 12.5 Å². The number of aliphatic carboxylic acids is 1. The van der Waals surface area contributed by atoms with E-state index in [1.54, 1.807) is 6.07 Å². The number of hydrogen-bond donors (Lipinski definition) is 2. The fraction of sp³-hybridized carbons (Fsp3) is 0.417. The van der Waals surface area contributed by atoms with Crippen LogP contribution in [-0.2, 0) is 4.79 Å². The van der Waals surface area contributed by atoms with Gasteiger partial charge in [-0.15, -0.1) is 0 Å². The van der Waals surface area contributed by atoms with Crippen LogP contribution in [0.5, 0.6) is 5.75 Å². The molecule has 0 spiro atoms. The number of hydrogen-bond acceptors (Lipinski definition) is 3. The van der Waals surface area contributed by atoms with Crippen LogP contribution in [0.4, 0.5) is 0 Å². The summed E-state index contributed by atoms with van der Waals surface area (Å²) in [7, 11) is 0. The molecule has 0 heterocycles. The van der Waals surface area contributed by atoms with Crippen LogP contribution in [0.15, 0.2) is 18.2 Å². The standard InChI is InChI=1S/C12H17NO3/c1-3-16-11-5-4-8(2)6-9(11)10(7-13)12(14)15/h4-6,10H,3,7,13H2,1-2H3,(H,14,15). The minimum absolute atomic E-state index is 0.0683. The van der Waals surface area contributed by atoms with Crippen molar-refractivity contribution in [2.24, 2.45) is 5.73 Å². The number of benzene rings is 1. The fourth-order valence-electron chi connectivity index (χ4n) is 1.59. The summed E-state index contributed by atoms with van der Waals surface area (Å²) >= 11 is 0. The second kappa shape index (κ2) is 5.51. The second-order valence-corrected chi connectivity index (χ2v) is 3.60. The summed E-state index contributed by atoms with van der Waals surface area (Å²) in [6.45, 7) is 4.35. The Hall–Kier alpha value is -1.55. The van der Waals surface area contributed by atoms with Crippen molar-refractivity contribution < 1.29 is 14.6 Å². The van der Waals surface area contributed by atoms with E-state index in [9.17, 15) is 4.79 Å². The first-order valence-corrected chi connectivity index (χ1v) is 5.26. The van der Waals surface area contributed by atoms with Gasteiger partial charge in [-0.05, 0) is 19.9 Å². The molecule has 3 N–H and O–H groups in total. The van der Waals surface area contributed by atoms with Crippen molar-refractivity contribution in [1.29, 1.82) is 0 Å². The number of carbonyl (C=O) groups is 1. The molecule has 88 valence electrons. The summed E-state index contributed by atoms with van der Waals surface area (Å²) in [6, 6.07) is 5.50. The molecule has 4 heteroatoms. The summed E-state index contributed by atoms with van der Waals surface area (Å²) in [6.07, 6.45) is 0. The van der Waals surface area contributed by atoms with E-state index in [0.29, 0.717) is 17.9 Å². The largest absolute Gasteiger partial charge is 0.494 e. The lowest BCUT2D eigenvalue weighted by Crippen LogP contribution is -2.22. The van der Waals surface area contributed by atoms with Gasteiger partial charge in [0.1, 0.15) is 5.75 Å². The average Bonchev–Trinajstić information content (AvgIpc) is 2.22. The third-order valence-electron chi connectivity index (χ3n) is 2.37. The number of rotatable bonds is 5. The third-order valence-corrected chi connectivity index (χ3v) is 2.37. The summed E-state index contributed by atoms with van der Waals surface area (Å²) in [5.74, 6) is -1.03. The van der Waals surface area contributed by atoms with Crippen LogP contribution in [0, 0.1) is 6.92 Å². The Kier molecular flexibility index (Phi) is 4.31. The number of ether oxygens (including phenoxy) is 1. The van der Waals surface area contributed by atoms with E-state index in [2.05, 4.69) is 0 Å². The first kappa shape index (κ1) is 12.5. The summed E-state index contributed by atoms with van der Waals surface area (Å²) < 4.78 is 5.41. The molecule has 1 atom stereocenters. The predicted molar refractivity (Wildman–Crippen MR) is 61.8 cm³/mol. The summed E-state index contributed by atoms with van der Waals surface area (Å²) in [4.78, 5) is 11.1. The molecule has 0 amide bonds. The topological polar surface area (TPSA) is 72.5 Å². The van der Waals surface area contributed by atoms with E-state index < -0.39 is 11.9 Å². The van der Waals surface area contributed by atoms with Gasteiger partial charge in [0.25, 0.3) is 0 Å². The van der Waals surface area contributed by atoms with Crippen LogP contribution in [-0.4, -0.2) is 24.2 Å². The van der Waals surface area contributed by atoms with Gasteiger partial charge in [0.2, 0.25) is 0 Å². The van der Waals surface area contributed by atoms with Crippen molar-refractivity contribution in [3.63, 3.8) is 0 Å². The SMILES string of the molecule is CCOc1ccc(C)cc1C(CN)C(=O)O. The quantitative estimate of drug-likeness (QED) is 0.793. The van der Waals surface area contributed by atoms with Gasteiger partial charge >= 0.3 is 5.97 Å². The van der Waals surface area contributed by atoms with E-state index in [1.165, 1.54) is 0 Å². The lowest BCUT2D eigenvalue weighted by molar-refractivity contribution is -0.138. The first-order valence-electron chi connectivity index (χ1n) is 5.26. The number of nitrogens with two attached hydrogens (primary N) is 1. The predicted octanol–water partition coefficient (Wildman–Crippen LogP) is 1.52. The molecule has 0 bridgehead atoms. The molecule has 0 saturated carbocycles. The zero-order valence-electron chi connectivity index (χ0n) is 9.56. The van der Waals surface area contributed by atoms with E-state index >= 15 is 0 Å². The van der Waals surface area contributed by atoms with E-state index in [4.69, 9.17) is 15.6 Å². The molecule has 0 aliphatic heterocycles. The Labute approximate surface area is 95.0 Å². The van der Waals surface area contributed by atoms with Gasteiger partial charge < -0.3 is 15.6 Å². The highest BCUT2D eigenvalue weighted by molar-refractivity contribution is 5.77. The number of carboxylic acids is 1. The highest BCUT2D eigenvalue weighted by Gasteiger charge is 2.21. The molecular formula is C12H17NO3. The fourth-order valence-corrected chi connectivity index (χ4v) is 1.59. The van der Waals surface area contributed by atoms with Crippen LogP contribution >= 0.6 is 0 Å². The first-order chi connectivity index (χ1) is 7.60. The Balaban J connectivity index is 3.16. The van der Waals surface area contributed by atoms with Crippen LogP contribution in [0.1, 0.15) is 24.0 Å². The maximum absolute atomic E-state index is 11.1. The molecule has 4 nitrogen and oxygen atoms in total. The number of aryl methyl sites for hydroxylation is 1. The van der Waals surface area contributed by atoms with Crippen LogP contribution in [0.3, 0.4) is 0 Å². The average molecular weight is 223 g/mol. The minimum atomic E-state index is -0.922. The molecule has 0 fully saturated rings. The smallest absolute Gasteiger partial charge is 0.312 e. The van der Waals surface area contributed by atoms with Crippen LogP contribution < -0.4 is 10.5 Å². The van der Waals surface area contributed by atoms with Gasteiger partial charge in [-0.1, -0.05) is 17.7 Å². The zero-order chi connectivity index (χ0) is 12.1. The maximum Gasteiger partial charge on any atom is 0.312 e. The van der Waals surface area contributed by atoms with Gasteiger partial charge in [-0.25, -0.2) is 0 Å². The van der Waals surface area contributed by atoms with Crippen molar-refractivity contribution in [2.45, 2.75) is 19.8 Å². The summed E-state index contributed by atoms with van der Waals surface area (Å²) in [5.41, 5.74) is 7.13. The molecule has 1 unspecified atom stereocenters. The van der Waals surface area contributed by atoms with E-state index in [-0.39, 0.29) is 6.54 Å². The van der Waals surface area contributed by atoms with Crippen molar-refractivity contribution >= 4 is 5.97 Å². The van der Waals surface area contributed by atoms with Crippen molar-refractivity contribution in [3.8, 4) is 5.75 Å². The highest BCUT2D eigenvalue weighted by atomic mass is 16.5.